The van der Waals surface area contributed by atoms with E-state index in [4.69, 9.17) is 4.74 Å². The number of halogens is 1. The van der Waals surface area contributed by atoms with E-state index in [1.54, 1.807) is 0 Å². The van der Waals surface area contributed by atoms with Crippen molar-refractivity contribution in [1.82, 2.24) is 4.90 Å². The zero-order valence-corrected chi connectivity index (χ0v) is 10.4. The highest BCUT2D eigenvalue weighted by atomic mass is 19.1. The van der Waals surface area contributed by atoms with Crippen LogP contribution in [0, 0.1) is 5.82 Å². The molecule has 1 aromatic rings. The molecule has 0 spiro atoms. The number of amides is 1. The number of hydrogen-bond donors (Lipinski definition) is 0. The van der Waals surface area contributed by atoms with Crippen LogP contribution in [-0.2, 0) is 4.79 Å². The molecule has 0 atom stereocenters. The van der Waals surface area contributed by atoms with Crippen LogP contribution < -0.4 is 4.74 Å². The van der Waals surface area contributed by atoms with E-state index in [0.717, 1.165) is 25.9 Å². The third-order valence-corrected chi connectivity index (χ3v) is 3.13. The average molecular weight is 251 g/mol. The number of likely N-dealkylation sites (tertiary alicyclic amines) is 1. The van der Waals surface area contributed by atoms with Crippen molar-refractivity contribution in [3.63, 3.8) is 0 Å². The molecule has 1 aromatic carbocycles. The highest BCUT2D eigenvalue weighted by Crippen LogP contribution is 2.13. The number of carbonyl (C=O) groups excluding carboxylic acids is 1. The molecule has 1 aliphatic rings. The van der Waals surface area contributed by atoms with Crippen molar-refractivity contribution in [3.05, 3.63) is 30.1 Å². The van der Waals surface area contributed by atoms with Crippen LogP contribution in [0.1, 0.15) is 25.7 Å². The Morgan fingerprint density at radius 3 is 2.33 bits per heavy atom. The van der Waals surface area contributed by atoms with E-state index in [-0.39, 0.29) is 18.3 Å². The van der Waals surface area contributed by atoms with Crippen molar-refractivity contribution in [3.8, 4) is 5.75 Å². The third-order valence-electron chi connectivity index (χ3n) is 3.13. The first-order valence-electron chi connectivity index (χ1n) is 6.42. The number of hydrogen-bond acceptors (Lipinski definition) is 2. The predicted octanol–water partition coefficient (Wildman–Crippen LogP) is 2.61. The van der Waals surface area contributed by atoms with Crippen LogP contribution in [0.25, 0.3) is 0 Å². The largest absolute Gasteiger partial charge is 0.484 e. The van der Waals surface area contributed by atoms with Gasteiger partial charge in [0.1, 0.15) is 11.6 Å². The second-order valence-electron chi connectivity index (χ2n) is 4.54. The van der Waals surface area contributed by atoms with Gasteiger partial charge in [-0.2, -0.15) is 0 Å². The fourth-order valence-electron chi connectivity index (χ4n) is 2.09. The summed E-state index contributed by atoms with van der Waals surface area (Å²) in [5.41, 5.74) is 0. The first-order chi connectivity index (χ1) is 8.75. The molecular formula is C14H18FNO2. The van der Waals surface area contributed by atoms with Gasteiger partial charge in [-0.1, -0.05) is 12.8 Å². The van der Waals surface area contributed by atoms with Gasteiger partial charge in [-0.25, -0.2) is 4.39 Å². The molecule has 0 N–H and O–H groups in total. The zero-order chi connectivity index (χ0) is 12.8. The predicted molar refractivity (Wildman–Crippen MR) is 66.9 cm³/mol. The van der Waals surface area contributed by atoms with Gasteiger partial charge in [0, 0.05) is 13.1 Å². The van der Waals surface area contributed by atoms with Crippen LogP contribution in [0.2, 0.25) is 0 Å². The second kappa shape index (κ2) is 6.38. The molecule has 1 amide bonds. The molecule has 3 nitrogen and oxygen atoms in total. The van der Waals surface area contributed by atoms with E-state index < -0.39 is 0 Å². The number of benzene rings is 1. The summed E-state index contributed by atoms with van der Waals surface area (Å²) < 4.78 is 18.0. The summed E-state index contributed by atoms with van der Waals surface area (Å²) in [6.45, 7) is 1.68. The van der Waals surface area contributed by atoms with Crippen molar-refractivity contribution in [2.24, 2.45) is 0 Å². The first kappa shape index (κ1) is 12.9. The average Bonchev–Trinajstić information content (AvgIpc) is 2.66. The summed E-state index contributed by atoms with van der Waals surface area (Å²) >= 11 is 0. The molecule has 18 heavy (non-hydrogen) atoms. The molecule has 0 saturated carbocycles. The van der Waals surface area contributed by atoms with Gasteiger partial charge in [0.2, 0.25) is 0 Å². The molecule has 0 radical (unpaired) electrons. The van der Waals surface area contributed by atoms with Crippen LogP contribution in [0.5, 0.6) is 5.75 Å². The van der Waals surface area contributed by atoms with Crippen molar-refractivity contribution in [2.75, 3.05) is 19.7 Å². The van der Waals surface area contributed by atoms with Crippen LogP contribution in [-0.4, -0.2) is 30.5 Å². The van der Waals surface area contributed by atoms with Gasteiger partial charge in [-0.15, -0.1) is 0 Å². The van der Waals surface area contributed by atoms with E-state index in [9.17, 15) is 9.18 Å². The molecule has 1 aliphatic heterocycles. The molecule has 4 heteroatoms. The normalized spacial score (nSPS) is 16.2. The van der Waals surface area contributed by atoms with Gasteiger partial charge in [0.05, 0.1) is 0 Å². The Morgan fingerprint density at radius 2 is 1.72 bits per heavy atom. The molecule has 0 unspecified atom stereocenters. The lowest BCUT2D eigenvalue weighted by atomic mass is 10.2. The lowest BCUT2D eigenvalue weighted by Gasteiger charge is -2.20. The molecule has 0 bridgehead atoms. The summed E-state index contributed by atoms with van der Waals surface area (Å²) in [7, 11) is 0. The Hall–Kier alpha value is -1.58. The van der Waals surface area contributed by atoms with E-state index >= 15 is 0 Å². The van der Waals surface area contributed by atoms with E-state index in [0.29, 0.717) is 5.75 Å². The summed E-state index contributed by atoms with van der Waals surface area (Å²) in [4.78, 5) is 13.8. The summed E-state index contributed by atoms with van der Waals surface area (Å²) in [6, 6.07) is 5.72. The molecule has 98 valence electrons. The zero-order valence-electron chi connectivity index (χ0n) is 10.4. The second-order valence-corrected chi connectivity index (χ2v) is 4.54. The van der Waals surface area contributed by atoms with Crippen LogP contribution in [0.4, 0.5) is 4.39 Å². The maximum atomic E-state index is 12.7. The summed E-state index contributed by atoms with van der Waals surface area (Å²) in [5, 5.41) is 0. The van der Waals surface area contributed by atoms with Crippen LogP contribution >= 0.6 is 0 Å². The molecule has 1 saturated heterocycles. The summed E-state index contributed by atoms with van der Waals surface area (Å²) in [6.07, 6.45) is 4.54. The van der Waals surface area contributed by atoms with Crippen molar-refractivity contribution >= 4 is 5.91 Å². The third kappa shape index (κ3) is 3.72. The summed E-state index contributed by atoms with van der Waals surface area (Å²) in [5.74, 6) is 0.238. The fraction of sp³-hybridized carbons (Fsp3) is 0.500. The highest BCUT2D eigenvalue weighted by molar-refractivity contribution is 5.77. The molecule has 0 aromatic heterocycles. The van der Waals surface area contributed by atoms with Crippen molar-refractivity contribution in [1.29, 1.82) is 0 Å². The number of rotatable bonds is 3. The van der Waals surface area contributed by atoms with Gasteiger partial charge in [-0.3, -0.25) is 4.79 Å². The van der Waals surface area contributed by atoms with Crippen LogP contribution in [0.15, 0.2) is 24.3 Å². The molecule has 2 rings (SSSR count). The Morgan fingerprint density at radius 1 is 1.11 bits per heavy atom. The van der Waals surface area contributed by atoms with Gasteiger partial charge < -0.3 is 9.64 Å². The monoisotopic (exact) mass is 251 g/mol. The molecule has 1 heterocycles. The van der Waals surface area contributed by atoms with E-state index in [1.165, 1.54) is 37.1 Å². The smallest absolute Gasteiger partial charge is 0.260 e. The molecule has 0 aliphatic carbocycles. The quantitative estimate of drug-likeness (QED) is 0.826. The van der Waals surface area contributed by atoms with Crippen molar-refractivity contribution in [2.45, 2.75) is 25.7 Å². The fourth-order valence-corrected chi connectivity index (χ4v) is 2.09. The maximum Gasteiger partial charge on any atom is 0.260 e. The highest BCUT2D eigenvalue weighted by Gasteiger charge is 2.15. The van der Waals surface area contributed by atoms with E-state index in [2.05, 4.69) is 0 Å². The number of carbonyl (C=O) groups is 1. The van der Waals surface area contributed by atoms with Gasteiger partial charge in [0.15, 0.2) is 6.61 Å². The molecule has 1 fully saturated rings. The van der Waals surface area contributed by atoms with Crippen LogP contribution in [0.3, 0.4) is 0 Å². The minimum absolute atomic E-state index is 0.0150. The lowest BCUT2D eigenvalue weighted by Crippen LogP contribution is -2.35. The molecular weight excluding hydrogens is 233 g/mol. The lowest BCUT2D eigenvalue weighted by molar-refractivity contribution is -0.133. The number of nitrogens with zero attached hydrogens (tertiary/aromatic N) is 1. The Labute approximate surface area is 107 Å². The van der Waals surface area contributed by atoms with Gasteiger partial charge in [-0.05, 0) is 37.1 Å². The van der Waals surface area contributed by atoms with Gasteiger partial charge >= 0.3 is 0 Å². The minimum atomic E-state index is -0.304. The Kier molecular flexibility index (Phi) is 4.56. The van der Waals surface area contributed by atoms with Crippen molar-refractivity contribution < 1.29 is 13.9 Å². The first-order valence-corrected chi connectivity index (χ1v) is 6.42. The maximum absolute atomic E-state index is 12.7. The Bertz CT molecular complexity index is 383. The SMILES string of the molecule is O=C(COc1ccc(F)cc1)N1CCCCCC1. The topological polar surface area (TPSA) is 29.5 Å². The standard InChI is InChI=1S/C14H18FNO2/c15-12-5-7-13(8-6-12)18-11-14(17)16-9-3-1-2-4-10-16/h5-8H,1-4,9-11H2. The Balaban J connectivity index is 1.81. The van der Waals surface area contributed by atoms with E-state index in [1.807, 2.05) is 4.90 Å². The minimum Gasteiger partial charge on any atom is -0.484 e. The van der Waals surface area contributed by atoms with Gasteiger partial charge in [0.25, 0.3) is 5.91 Å². The number of ether oxygens (including phenoxy) is 1.